The largest absolute Gasteiger partial charge is 0.350 e. The van der Waals surface area contributed by atoms with E-state index in [9.17, 15) is 4.79 Å². The van der Waals surface area contributed by atoms with Gasteiger partial charge in [0.1, 0.15) is 0 Å². The predicted octanol–water partition coefficient (Wildman–Crippen LogP) is 2.52. The van der Waals surface area contributed by atoms with Gasteiger partial charge < -0.3 is 10.6 Å². The lowest BCUT2D eigenvalue weighted by Crippen LogP contribution is -2.37. The number of amides is 1. The highest BCUT2D eigenvalue weighted by molar-refractivity contribution is 6.35. The molecule has 0 saturated heterocycles. The third-order valence-electron chi connectivity index (χ3n) is 3.06. The van der Waals surface area contributed by atoms with Gasteiger partial charge in [-0.1, -0.05) is 23.2 Å². The molecule has 0 aliphatic carbocycles. The number of rotatable bonds is 5. The van der Waals surface area contributed by atoms with Gasteiger partial charge in [-0.15, -0.1) is 0 Å². The van der Waals surface area contributed by atoms with Crippen LogP contribution < -0.4 is 10.6 Å². The summed E-state index contributed by atoms with van der Waals surface area (Å²) in [5.74, 6) is -0.173. The van der Waals surface area contributed by atoms with Crippen LogP contribution in [0.4, 0.5) is 0 Å². The summed E-state index contributed by atoms with van der Waals surface area (Å²) in [6.07, 6.45) is 3.14. The Morgan fingerprint density at radius 2 is 2.19 bits per heavy atom. The smallest absolute Gasteiger partial charge is 0.254 e. The molecular formula is C14H16Cl2N4O. The summed E-state index contributed by atoms with van der Waals surface area (Å²) in [4.78, 5) is 12.0. The summed E-state index contributed by atoms with van der Waals surface area (Å²) in [5, 5.41) is 11.1. The van der Waals surface area contributed by atoms with E-state index in [0.29, 0.717) is 27.8 Å². The highest BCUT2D eigenvalue weighted by Gasteiger charge is 2.11. The van der Waals surface area contributed by atoms with Gasteiger partial charge in [-0.2, -0.15) is 5.10 Å². The van der Waals surface area contributed by atoms with Crippen molar-refractivity contribution in [3.05, 3.63) is 46.2 Å². The van der Waals surface area contributed by atoms with Gasteiger partial charge >= 0.3 is 0 Å². The van der Waals surface area contributed by atoms with Crippen LogP contribution in [0.15, 0.2) is 30.6 Å². The maximum atomic E-state index is 12.0. The number of likely N-dealkylation sites (N-methyl/N-ethyl adjacent to an activating group) is 1. The van der Waals surface area contributed by atoms with Crippen molar-refractivity contribution in [1.29, 1.82) is 0 Å². The Labute approximate surface area is 133 Å². The molecule has 2 aromatic rings. The van der Waals surface area contributed by atoms with Crippen LogP contribution in [0.2, 0.25) is 10.0 Å². The molecule has 0 aliphatic heterocycles. The number of hydrogen-bond donors (Lipinski definition) is 2. The predicted molar refractivity (Wildman–Crippen MR) is 84.4 cm³/mol. The Morgan fingerprint density at radius 3 is 2.86 bits per heavy atom. The lowest BCUT2D eigenvalue weighted by atomic mass is 10.3. The first-order chi connectivity index (χ1) is 10.0. The van der Waals surface area contributed by atoms with E-state index in [-0.39, 0.29) is 11.9 Å². The van der Waals surface area contributed by atoms with Crippen LogP contribution in [-0.2, 0) is 0 Å². The quantitative estimate of drug-likeness (QED) is 0.887. The number of carbonyl (C=O) groups is 1. The SMILES string of the molecule is CNC(C)CNC(=O)c1cnn(-c2ccc(Cl)cc2Cl)c1. The van der Waals surface area contributed by atoms with Crippen molar-refractivity contribution >= 4 is 29.1 Å². The summed E-state index contributed by atoms with van der Waals surface area (Å²) >= 11 is 12.0. The van der Waals surface area contributed by atoms with Crippen LogP contribution in [0.3, 0.4) is 0 Å². The van der Waals surface area contributed by atoms with Gasteiger partial charge in [0.2, 0.25) is 0 Å². The summed E-state index contributed by atoms with van der Waals surface area (Å²) < 4.78 is 1.55. The normalized spacial score (nSPS) is 12.2. The van der Waals surface area contributed by atoms with Crippen LogP contribution in [0.1, 0.15) is 17.3 Å². The third-order valence-corrected chi connectivity index (χ3v) is 3.60. The average molecular weight is 327 g/mol. The molecule has 2 N–H and O–H groups in total. The van der Waals surface area contributed by atoms with Gasteiger partial charge in [-0.05, 0) is 32.2 Å². The fraction of sp³-hybridized carbons (Fsp3) is 0.286. The topological polar surface area (TPSA) is 58.9 Å². The standard InChI is InChI=1S/C14H16Cl2N4O/c1-9(17-2)6-18-14(21)10-7-19-20(8-10)13-4-3-11(15)5-12(13)16/h3-5,7-9,17H,6H2,1-2H3,(H,18,21). The monoisotopic (exact) mass is 326 g/mol. The van der Waals surface area contributed by atoms with Gasteiger partial charge in [0.15, 0.2) is 0 Å². The Balaban J connectivity index is 2.12. The molecular weight excluding hydrogens is 311 g/mol. The second-order valence-electron chi connectivity index (χ2n) is 4.67. The average Bonchev–Trinajstić information content (AvgIpc) is 2.93. The van der Waals surface area contributed by atoms with E-state index >= 15 is 0 Å². The Morgan fingerprint density at radius 1 is 1.43 bits per heavy atom. The Hall–Kier alpha value is -1.56. The van der Waals surface area contributed by atoms with Crippen molar-refractivity contribution in [1.82, 2.24) is 20.4 Å². The molecule has 0 saturated carbocycles. The molecule has 1 aromatic heterocycles. The second kappa shape index (κ2) is 6.93. The van der Waals surface area contributed by atoms with E-state index < -0.39 is 0 Å². The highest BCUT2D eigenvalue weighted by Crippen LogP contribution is 2.24. The van der Waals surface area contributed by atoms with E-state index in [1.165, 1.54) is 6.20 Å². The molecule has 5 nitrogen and oxygen atoms in total. The van der Waals surface area contributed by atoms with E-state index in [1.807, 2.05) is 14.0 Å². The number of aromatic nitrogens is 2. The Kier molecular flexibility index (Phi) is 5.22. The van der Waals surface area contributed by atoms with Gasteiger partial charge in [-0.25, -0.2) is 4.68 Å². The minimum Gasteiger partial charge on any atom is -0.350 e. The number of nitrogens with one attached hydrogen (secondary N) is 2. The first-order valence-electron chi connectivity index (χ1n) is 6.47. The molecule has 7 heteroatoms. The van der Waals surface area contributed by atoms with Crippen LogP contribution in [0.25, 0.3) is 5.69 Å². The zero-order valence-corrected chi connectivity index (χ0v) is 13.2. The molecule has 1 atom stereocenters. The van der Waals surface area contributed by atoms with E-state index in [1.54, 1.807) is 29.1 Å². The number of halogens is 2. The maximum Gasteiger partial charge on any atom is 0.254 e. The Bertz CT molecular complexity index is 642. The molecule has 1 amide bonds. The zero-order chi connectivity index (χ0) is 15.4. The van der Waals surface area contributed by atoms with Crippen molar-refractivity contribution in [2.24, 2.45) is 0 Å². The summed E-state index contributed by atoms with van der Waals surface area (Å²) in [7, 11) is 1.84. The van der Waals surface area contributed by atoms with Gasteiger partial charge in [-0.3, -0.25) is 4.79 Å². The molecule has 1 heterocycles. The van der Waals surface area contributed by atoms with Crippen LogP contribution in [0.5, 0.6) is 0 Å². The molecule has 1 aromatic carbocycles. The fourth-order valence-electron chi connectivity index (χ4n) is 1.69. The number of nitrogens with zero attached hydrogens (tertiary/aromatic N) is 2. The van der Waals surface area contributed by atoms with Crippen LogP contribution in [-0.4, -0.2) is 35.3 Å². The van der Waals surface area contributed by atoms with Crippen molar-refractivity contribution in [3.63, 3.8) is 0 Å². The van der Waals surface area contributed by atoms with E-state index in [0.717, 1.165) is 0 Å². The second-order valence-corrected chi connectivity index (χ2v) is 5.51. The summed E-state index contributed by atoms with van der Waals surface area (Å²) in [5.41, 5.74) is 1.15. The van der Waals surface area contributed by atoms with Crippen molar-refractivity contribution < 1.29 is 4.79 Å². The van der Waals surface area contributed by atoms with Crippen molar-refractivity contribution in [2.45, 2.75) is 13.0 Å². The number of hydrogen-bond acceptors (Lipinski definition) is 3. The van der Waals surface area contributed by atoms with Crippen LogP contribution >= 0.6 is 23.2 Å². The maximum absolute atomic E-state index is 12.0. The molecule has 0 fully saturated rings. The molecule has 0 spiro atoms. The molecule has 112 valence electrons. The number of benzene rings is 1. The van der Waals surface area contributed by atoms with Crippen molar-refractivity contribution in [2.75, 3.05) is 13.6 Å². The first kappa shape index (κ1) is 15.8. The summed E-state index contributed by atoms with van der Waals surface area (Å²) in [6, 6.07) is 5.31. The molecule has 0 aliphatic rings. The number of carbonyl (C=O) groups excluding carboxylic acids is 1. The van der Waals surface area contributed by atoms with Crippen molar-refractivity contribution in [3.8, 4) is 5.69 Å². The molecule has 21 heavy (non-hydrogen) atoms. The molecule has 2 rings (SSSR count). The molecule has 0 radical (unpaired) electrons. The van der Waals surface area contributed by atoms with E-state index in [2.05, 4.69) is 15.7 Å². The molecule has 1 unspecified atom stereocenters. The summed E-state index contributed by atoms with van der Waals surface area (Å²) in [6.45, 7) is 2.53. The minimum absolute atomic E-state index is 0.173. The van der Waals surface area contributed by atoms with Gasteiger partial charge in [0.25, 0.3) is 5.91 Å². The lowest BCUT2D eigenvalue weighted by molar-refractivity contribution is 0.0950. The third kappa shape index (κ3) is 3.97. The lowest BCUT2D eigenvalue weighted by Gasteiger charge is -2.10. The first-order valence-corrected chi connectivity index (χ1v) is 7.22. The van der Waals surface area contributed by atoms with Gasteiger partial charge in [0, 0.05) is 23.8 Å². The minimum atomic E-state index is -0.173. The molecule has 0 bridgehead atoms. The van der Waals surface area contributed by atoms with Gasteiger partial charge in [0.05, 0.1) is 22.5 Å². The van der Waals surface area contributed by atoms with Crippen LogP contribution in [0, 0.1) is 0 Å². The fourth-order valence-corrected chi connectivity index (χ4v) is 2.18. The highest BCUT2D eigenvalue weighted by atomic mass is 35.5. The van der Waals surface area contributed by atoms with E-state index in [4.69, 9.17) is 23.2 Å². The zero-order valence-electron chi connectivity index (χ0n) is 11.7.